The van der Waals surface area contributed by atoms with Crippen molar-refractivity contribution in [3.05, 3.63) is 54.1 Å². The number of nitrogens with two attached hydrogens (primary N) is 1. The quantitative estimate of drug-likeness (QED) is 0.671. The monoisotopic (exact) mass is 466 g/mol. The topological polar surface area (TPSA) is 119 Å². The zero-order chi connectivity index (χ0) is 24.7. The van der Waals surface area contributed by atoms with Gasteiger partial charge in [0.05, 0.1) is 11.1 Å². The molecule has 0 unspecified atom stereocenters. The Morgan fingerprint density at radius 2 is 2.09 bits per heavy atom. The van der Waals surface area contributed by atoms with Crippen LogP contribution in [0, 0.1) is 34.5 Å². The summed E-state index contributed by atoms with van der Waals surface area (Å²) in [6.45, 7) is 3.11. The van der Waals surface area contributed by atoms with Crippen LogP contribution in [0.3, 0.4) is 0 Å². The first kappa shape index (κ1) is 23.5. The molecule has 2 aliphatic rings. The number of esters is 1. The summed E-state index contributed by atoms with van der Waals surface area (Å²) in [5, 5.41) is 9.25. The molecule has 7 nitrogen and oxygen atoms in total. The number of hydrogen-bond donors (Lipinski definition) is 1. The molecule has 4 rings (SSSR count). The molecule has 0 bridgehead atoms. The lowest BCUT2D eigenvalue weighted by atomic mass is 9.55. The van der Waals surface area contributed by atoms with Crippen molar-refractivity contribution < 1.29 is 23.1 Å². The average Bonchev–Trinajstić information content (AvgIpc) is 3.02. The van der Waals surface area contributed by atoms with Gasteiger partial charge < -0.3 is 10.5 Å². The Labute approximate surface area is 195 Å². The number of halogens is 2. The fraction of sp³-hybridized carbons (Fsp3) is 0.400. The fourth-order valence-corrected chi connectivity index (χ4v) is 5.44. The van der Waals surface area contributed by atoms with Crippen molar-refractivity contribution >= 4 is 18.0 Å². The van der Waals surface area contributed by atoms with Crippen LogP contribution in [0.15, 0.2) is 42.7 Å². The minimum atomic E-state index is -3.19. The minimum Gasteiger partial charge on any atom is -0.462 e. The van der Waals surface area contributed by atoms with Crippen LogP contribution >= 0.6 is 0 Å². The number of cyclic esters (lactones) is 1. The summed E-state index contributed by atoms with van der Waals surface area (Å²) in [4.78, 5) is 32.9. The molecule has 1 saturated carbocycles. The number of alkyl halides is 2. The second-order valence-electron chi connectivity index (χ2n) is 9.08. The molecular formula is C25H24F2N4O3. The van der Waals surface area contributed by atoms with E-state index in [9.17, 15) is 14.9 Å². The number of amides is 1. The highest BCUT2D eigenvalue weighted by atomic mass is 19.3. The van der Waals surface area contributed by atoms with E-state index in [4.69, 9.17) is 10.5 Å². The molecule has 1 aliphatic heterocycles. The summed E-state index contributed by atoms with van der Waals surface area (Å²) >= 11 is 0. The third-order valence-electron chi connectivity index (χ3n) is 7.04. The number of nitrogens with zero attached hydrogens (tertiary/aromatic N) is 3. The molecule has 0 radical (unpaired) electrons. The Hall–Kier alpha value is -3.67. The molecule has 1 saturated heterocycles. The van der Waals surface area contributed by atoms with Crippen LogP contribution in [-0.2, 0) is 14.3 Å². The van der Waals surface area contributed by atoms with Gasteiger partial charge in [-0.1, -0.05) is 19.1 Å². The highest BCUT2D eigenvalue weighted by Crippen LogP contribution is 2.60. The van der Waals surface area contributed by atoms with E-state index in [1.165, 1.54) is 13.1 Å². The maximum Gasteiger partial charge on any atom is 0.313 e. The van der Waals surface area contributed by atoms with Crippen LogP contribution < -0.4 is 5.73 Å². The fourth-order valence-electron chi connectivity index (χ4n) is 5.44. The van der Waals surface area contributed by atoms with E-state index in [0.717, 1.165) is 0 Å². The van der Waals surface area contributed by atoms with E-state index < -0.39 is 59.9 Å². The number of primary amides is 1. The van der Waals surface area contributed by atoms with Gasteiger partial charge in [-0.3, -0.25) is 14.6 Å². The molecule has 5 atom stereocenters. The smallest absolute Gasteiger partial charge is 0.313 e. The van der Waals surface area contributed by atoms with Crippen molar-refractivity contribution in [2.24, 2.45) is 28.9 Å². The average molecular weight is 466 g/mol. The molecule has 2 aromatic rings. The second-order valence-corrected chi connectivity index (χ2v) is 9.08. The third kappa shape index (κ3) is 3.94. The molecule has 0 aromatic carbocycles. The number of carbonyl (C=O) groups is 2. The van der Waals surface area contributed by atoms with Crippen molar-refractivity contribution in [2.75, 3.05) is 0 Å². The van der Waals surface area contributed by atoms with Gasteiger partial charge >= 0.3 is 5.97 Å². The lowest BCUT2D eigenvalue weighted by Gasteiger charge is -2.47. The minimum absolute atomic E-state index is 0.275. The Morgan fingerprint density at radius 3 is 2.74 bits per heavy atom. The van der Waals surface area contributed by atoms with E-state index in [1.54, 1.807) is 49.5 Å². The van der Waals surface area contributed by atoms with Gasteiger partial charge in [0.2, 0.25) is 5.91 Å². The molecule has 176 valence electrons. The largest absolute Gasteiger partial charge is 0.462 e. The molecule has 2 N–H and O–H groups in total. The van der Waals surface area contributed by atoms with Gasteiger partial charge in [0.1, 0.15) is 17.9 Å². The van der Waals surface area contributed by atoms with Gasteiger partial charge in [0.15, 0.2) is 0 Å². The van der Waals surface area contributed by atoms with E-state index in [1.807, 2.05) is 6.07 Å². The van der Waals surface area contributed by atoms with Crippen molar-refractivity contribution in [3.63, 3.8) is 0 Å². The van der Waals surface area contributed by atoms with Crippen LogP contribution in [0.1, 0.15) is 38.1 Å². The Kier molecular flexibility index (Phi) is 5.94. The van der Waals surface area contributed by atoms with Crippen LogP contribution in [0.4, 0.5) is 8.78 Å². The van der Waals surface area contributed by atoms with Crippen LogP contribution in [0.2, 0.25) is 0 Å². The van der Waals surface area contributed by atoms with Crippen molar-refractivity contribution in [3.8, 4) is 17.2 Å². The SMILES string of the molecule is C[C@H]1OC(=O)[C@]2(CC(N)=O)CC(F)(F)[C@@H](C)[C@H](/C=C/c3ccc(-c4cccnc4C#N)cn3)[C@H]12. The molecule has 1 aliphatic carbocycles. The molecule has 1 amide bonds. The summed E-state index contributed by atoms with van der Waals surface area (Å²) in [5.41, 5.74) is 5.83. The molecule has 2 fully saturated rings. The van der Waals surface area contributed by atoms with Crippen LogP contribution in [0.25, 0.3) is 17.2 Å². The van der Waals surface area contributed by atoms with Crippen LogP contribution in [0.5, 0.6) is 0 Å². The van der Waals surface area contributed by atoms with Crippen molar-refractivity contribution in [1.82, 2.24) is 9.97 Å². The summed E-state index contributed by atoms with van der Waals surface area (Å²) in [7, 11) is 0. The highest BCUT2D eigenvalue weighted by Gasteiger charge is 2.68. The summed E-state index contributed by atoms with van der Waals surface area (Å²) < 4.78 is 35.5. The number of rotatable bonds is 5. The van der Waals surface area contributed by atoms with Crippen LogP contribution in [-0.4, -0.2) is 33.9 Å². The zero-order valence-corrected chi connectivity index (χ0v) is 18.7. The Morgan fingerprint density at radius 1 is 1.32 bits per heavy atom. The third-order valence-corrected chi connectivity index (χ3v) is 7.04. The highest BCUT2D eigenvalue weighted by molar-refractivity contribution is 5.87. The first-order valence-corrected chi connectivity index (χ1v) is 11.0. The maximum atomic E-state index is 15.1. The number of hydrogen-bond acceptors (Lipinski definition) is 6. The van der Waals surface area contributed by atoms with Gasteiger partial charge in [-0.15, -0.1) is 0 Å². The van der Waals surface area contributed by atoms with Gasteiger partial charge in [0, 0.05) is 48.2 Å². The number of nitriles is 1. The first-order chi connectivity index (χ1) is 16.1. The molecule has 34 heavy (non-hydrogen) atoms. The summed E-state index contributed by atoms with van der Waals surface area (Å²) in [6, 6.07) is 9.00. The van der Waals surface area contributed by atoms with E-state index >= 15 is 8.78 Å². The zero-order valence-electron chi connectivity index (χ0n) is 18.7. The van der Waals surface area contributed by atoms with E-state index in [0.29, 0.717) is 16.8 Å². The van der Waals surface area contributed by atoms with Gasteiger partial charge in [-0.05, 0) is 37.1 Å². The molecule has 9 heteroatoms. The van der Waals surface area contributed by atoms with E-state index in [-0.39, 0.29) is 5.69 Å². The maximum absolute atomic E-state index is 15.1. The number of fused-ring (bicyclic) bond motifs is 1. The van der Waals surface area contributed by atoms with Gasteiger partial charge in [-0.2, -0.15) is 5.26 Å². The standard InChI is InChI=1S/C25H24F2N4O3/c1-14-18(22-15(2)34-23(33)24(22,10-21(29)32)13-25(14,26)27)8-7-17-6-5-16(12-31-17)19-4-3-9-30-20(19)11-28/h3-9,12,14-15,18,22H,10,13H2,1-2H3,(H2,29,32)/b8-7+/t14-,15+,18-,22-,24+/m0/s1. The number of pyridine rings is 2. The number of allylic oxidation sites excluding steroid dienone is 1. The van der Waals surface area contributed by atoms with Crippen molar-refractivity contribution in [2.45, 2.75) is 38.7 Å². The predicted octanol–water partition coefficient (Wildman–Crippen LogP) is 3.74. The lowest BCUT2D eigenvalue weighted by molar-refractivity contribution is -0.174. The second kappa shape index (κ2) is 8.60. The molecule has 0 spiro atoms. The lowest BCUT2D eigenvalue weighted by Crippen LogP contribution is -2.54. The number of aromatic nitrogens is 2. The predicted molar refractivity (Wildman–Crippen MR) is 119 cm³/mol. The first-order valence-electron chi connectivity index (χ1n) is 11.0. The normalized spacial score (nSPS) is 29.9. The molecule has 2 aromatic heterocycles. The van der Waals surface area contributed by atoms with Gasteiger partial charge in [0.25, 0.3) is 5.92 Å². The number of ether oxygens (including phenoxy) is 1. The molecule has 3 heterocycles. The van der Waals surface area contributed by atoms with Crippen molar-refractivity contribution in [1.29, 1.82) is 5.26 Å². The summed E-state index contributed by atoms with van der Waals surface area (Å²) in [6.07, 6.45) is 4.50. The number of carbonyl (C=O) groups excluding carboxylic acids is 2. The Balaban J connectivity index is 1.66. The van der Waals surface area contributed by atoms with E-state index in [2.05, 4.69) is 9.97 Å². The summed E-state index contributed by atoms with van der Waals surface area (Å²) in [5.74, 6) is -7.23. The van der Waals surface area contributed by atoms with Gasteiger partial charge in [-0.25, -0.2) is 13.8 Å². The Bertz CT molecular complexity index is 1190. The molecular weight excluding hydrogens is 442 g/mol.